The van der Waals surface area contributed by atoms with E-state index in [1.54, 1.807) is 36.4 Å². The van der Waals surface area contributed by atoms with Crippen LogP contribution in [0.15, 0.2) is 42.5 Å². The van der Waals surface area contributed by atoms with Gasteiger partial charge in [0, 0.05) is 80.0 Å². The molecule has 0 unspecified atom stereocenters. The Balaban J connectivity index is 0.811. The van der Waals surface area contributed by atoms with Gasteiger partial charge >= 0.3 is 0 Å². The molecule has 344 valence electrons. The highest BCUT2D eigenvalue weighted by Gasteiger charge is 2.64. The third-order valence-corrected chi connectivity index (χ3v) is 14.2. The number of carbonyl (C=O) groups excluding carboxylic acids is 5. The number of anilines is 1. The molecule has 17 heteroatoms. The first-order valence-corrected chi connectivity index (χ1v) is 22.4. The van der Waals surface area contributed by atoms with Gasteiger partial charge in [-0.3, -0.25) is 39.1 Å². The Morgan fingerprint density at radius 3 is 2.22 bits per heavy atom. The van der Waals surface area contributed by atoms with Gasteiger partial charge in [0.05, 0.1) is 30.9 Å². The zero-order valence-electron chi connectivity index (χ0n) is 38.3. The zero-order chi connectivity index (χ0) is 46.5. The number of methoxy groups -OCH3 is 2. The number of aromatic nitrogens is 2. The average molecular weight is 891 g/mol. The second-order valence-electron chi connectivity index (χ2n) is 19.4. The van der Waals surface area contributed by atoms with Crippen molar-refractivity contribution in [3.8, 4) is 29.1 Å². The standard InChI is InChI=1S/C48H58N8O9/c1-26(2)55(29-19-31(20-29)64-32-21-33-40(37(23-32)63-8)44(61)56(43(33)60)35-12-14-39(57)50-42(35)59)25-27-15-17-54(18-16-27)38-13-11-34(52-53-38)41(58)51-45-47(3,4)46(48(45,5)6)65-30-10-9-28(24-49)36(22-30)62-7/h9-11,13,21-23,26-27,29,31,35,45-46H,12,14-20,25H2,1-8H3,(H,51,58)(H,50,57,59)/t29?,31?,35-,45?,46?/m1/s1. The summed E-state index contributed by atoms with van der Waals surface area (Å²) in [5.74, 6) is 0.277. The number of amides is 5. The molecule has 2 aliphatic carbocycles. The van der Waals surface area contributed by atoms with Gasteiger partial charge in [-0.2, -0.15) is 5.26 Å². The highest BCUT2D eigenvalue weighted by atomic mass is 16.5. The maximum absolute atomic E-state index is 13.5. The summed E-state index contributed by atoms with van der Waals surface area (Å²) in [7, 11) is 2.94. The predicted octanol–water partition coefficient (Wildman–Crippen LogP) is 4.92. The summed E-state index contributed by atoms with van der Waals surface area (Å²) in [6.07, 6.45) is 3.39. The molecule has 17 nitrogen and oxygen atoms in total. The molecule has 0 radical (unpaired) electrons. The van der Waals surface area contributed by atoms with E-state index >= 15 is 0 Å². The minimum Gasteiger partial charge on any atom is -0.496 e. The molecular weight excluding hydrogens is 833 g/mol. The highest BCUT2D eigenvalue weighted by Crippen LogP contribution is 2.55. The van der Waals surface area contributed by atoms with Crippen molar-refractivity contribution in [2.24, 2.45) is 16.7 Å². The number of piperidine rings is 2. The van der Waals surface area contributed by atoms with Crippen molar-refractivity contribution in [2.75, 3.05) is 38.8 Å². The maximum atomic E-state index is 13.5. The molecule has 5 aliphatic rings. The van der Waals surface area contributed by atoms with Crippen molar-refractivity contribution >= 4 is 35.4 Å². The number of carbonyl (C=O) groups is 5. The van der Waals surface area contributed by atoms with Gasteiger partial charge in [-0.25, -0.2) is 0 Å². The summed E-state index contributed by atoms with van der Waals surface area (Å²) in [5.41, 5.74) is 0.0745. The number of fused-ring (bicyclic) bond motifs is 1. The van der Waals surface area contributed by atoms with Crippen molar-refractivity contribution in [1.82, 2.24) is 30.6 Å². The van der Waals surface area contributed by atoms with Gasteiger partial charge in [0.1, 0.15) is 47.3 Å². The van der Waals surface area contributed by atoms with E-state index in [0.29, 0.717) is 40.8 Å². The molecule has 8 rings (SSSR count). The van der Waals surface area contributed by atoms with Gasteiger partial charge in [0.25, 0.3) is 17.7 Å². The number of nitrogens with zero attached hydrogens (tertiary/aromatic N) is 6. The number of rotatable bonds is 14. The van der Waals surface area contributed by atoms with Gasteiger partial charge in [-0.15, -0.1) is 10.2 Å². The van der Waals surface area contributed by atoms with E-state index in [9.17, 15) is 29.2 Å². The fraction of sp³-hybridized carbons (Fsp3) is 0.542. The van der Waals surface area contributed by atoms with Crippen molar-refractivity contribution in [3.05, 3.63) is 64.8 Å². The molecule has 0 spiro atoms. The summed E-state index contributed by atoms with van der Waals surface area (Å²) in [6.45, 7) is 15.3. The van der Waals surface area contributed by atoms with Crippen LogP contribution in [-0.4, -0.2) is 120 Å². The summed E-state index contributed by atoms with van der Waals surface area (Å²) in [4.78, 5) is 70.4. The lowest BCUT2D eigenvalue weighted by Gasteiger charge is -2.63. The van der Waals surface area contributed by atoms with Crippen LogP contribution in [0.4, 0.5) is 5.82 Å². The Labute approximate surface area is 379 Å². The van der Waals surface area contributed by atoms with E-state index < -0.39 is 40.5 Å². The third-order valence-electron chi connectivity index (χ3n) is 14.2. The van der Waals surface area contributed by atoms with Crippen LogP contribution < -0.4 is 34.5 Å². The summed E-state index contributed by atoms with van der Waals surface area (Å²) < 4.78 is 23.7. The molecule has 2 N–H and O–H groups in total. The Bertz CT molecular complexity index is 2400. The number of ether oxygens (including phenoxy) is 4. The van der Waals surface area contributed by atoms with E-state index in [-0.39, 0.29) is 59.6 Å². The number of nitriles is 1. The topological polar surface area (TPSA) is 206 Å². The third kappa shape index (κ3) is 8.44. The molecular formula is C48H58N8O9. The quantitative estimate of drug-likeness (QED) is 0.206. The minimum absolute atomic E-state index is 0.0388. The zero-order valence-corrected chi connectivity index (χ0v) is 38.3. The van der Waals surface area contributed by atoms with Crippen LogP contribution in [0.25, 0.3) is 0 Å². The molecule has 65 heavy (non-hydrogen) atoms. The monoisotopic (exact) mass is 890 g/mol. The molecule has 3 aliphatic heterocycles. The smallest absolute Gasteiger partial charge is 0.272 e. The van der Waals surface area contributed by atoms with Crippen LogP contribution in [0.3, 0.4) is 0 Å². The lowest BCUT2D eigenvalue weighted by Crippen LogP contribution is -2.74. The van der Waals surface area contributed by atoms with E-state index in [4.69, 9.17) is 18.9 Å². The number of imide groups is 2. The van der Waals surface area contributed by atoms with E-state index in [2.05, 4.69) is 78.2 Å². The minimum atomic E-state index is -1.07. The highest BCUT2D eigenvalue weighted by molar-refractivity contribution is 6.24. The fourth-order valence-electron chi connectivity index (χ4n) is 10.9. The Morgan fingerprint density at radius 2 is 1.60 bits per heavy atom. The normalized spacial score (nSPS) is 24.7. The van der Waals surface area contributed by atoms with Crippen LogP contribution in [0, 0.1) is 28.1 Å². The molecule has 4 fully saturated rings. The molecule has 2 saturated heterocycles. The number of hydrogen-bond donors (Lipinski definition) is 2. The molecule has 0 bridgehead atoms. The summed E-state index contributed by atoms with van der Waals surface area (Å²) in [6, 6.07) is 13.4. The Hall–Kier alpha value is -6.28. The van der Waals surface area contributed by atoms with Crippen molar-refractivity contribution in [1.29, 1.82) is 5.26 Å². The average Bonchev–Trinajstić information content (AvgIpc) is 3.52. The largest absolute Gasteiger partial charge is 0.496 e. The van der Waals surface area contributed by atoms with Gasteiger partial charge in [-0.1, -0.05) is 27.7 Å². The van der Waals surface area contributed by atoms with Gasteiger partial charge in [0.15, 0.2) is 11.5 Å². The van der Waals surface area contributed by atoms with Gasteiger partial charge in [0.2, 0.25) is 11.8 Å². The van der Waals surface area contributed by atoms with E-state index in [1.165, 1.54) is 14.2 Å². The molecule has 1 atom stereocenters. The lowest BCUT2D eigenvalue weighted by atomic mass is 9.49. The lowest BCUT2D eigenvalue weighted by molar-refractivity contribution is -0.164. The van der Waals surface area contributed by atoms with Gasteiger partial charge in [-0.05, 0) is 69.4 Å². The van der Waals surface area contributed by atoms with Crippen LogP contribution in [0.5, 0.6) is 23.0 Å². The van der Waals surface area contributed by atoms with E-state index in [1.807, 2.05) is 6.07 Å². The second kappa shape index (κ2) is 17.6. The number of hydrogen-bond acceptors (Lipinski definition) is 14. The molecule has 4 heterocycles. The summed E-state index contributed by atoms with van der Waals surface area (Å²) in [5, 5.41) is 23.6. The number of nitrogens with one attached hydrogen (secondary N) is 2. The van der Waals surface area contributed by atoms with Crippen LogP contribution in [0.1, 0.15) is 117 Å². The molecule has 1 aromatic heterocycles. The van der Waals surface area contributed by atoms with E-state index in [0.717, 1.165) is 56.0 Å². The number of benzene rings is 2. The molecule has 2 aromatic carbocycles. The molecule has 5 amide bonds. The first-order valence-electron chi connectivity index (χ1n) is 22.4. The van der Waals surface area contributed by atoms with Crippen molar-refractivity contribution < 1.29 is 42.9 Å². The Kier molecular flexibility index (Phi) is 12.3. The van der Waals surface area contributed by atoms with Gasteiger partial charge < -0.3 is 29.2 Å². The van der Waals surface area contributed by atoms with Crippen LogP contribution in [-0.2, 0) is 9.59 Å². The second-order valence-corrected chi connectivity index (χ2v) is 19.4. The predicted molar refractivity (Wildman–Crippen MR) is 237 cm³/mol. The van der Waals surface area contributed by atoms with Crippen molar-refractivity contribution in [2.45, 2.75) is 116 Å². The SMILES string of the molecule is COc1cc(OC2C(C)(C)C(NC(=O)c3ccc(N4CCC(CN(C(C)C)C5CC(Oc6cc(OC)c7c(c6)C(=O)N([C@@H]6CCC(=O)NC6=O)C7=O)C5)CC4)nn3)C2(C)C)ccc1C#N. The Morgan fingerprint density at radius 1 is 0.908 bits per heavy atom. The first-order chi connectivity index (χ1) is 30.9. The fourth-order valence-corrected chi connectivity index (χ4v) is 10.9. The van der Waals surface area contributed by atoms with Crippen LogP contribution in [0.2, 0.25) is 0 Å². The first kappa shape index (κ1) is 45.3. The van der Waals surface area contributed by atoms with Crippen molar-refractivity contribution in [3.63, 3.8) is 0 Å². The van der Waals surface area contributed by atoms with Crippen LogP contribution >= 0.6 is 0 Å². The maximum Gasteiger partial charge on any atom is 0.272 e. The molecule has 2 saturated carbocycles. The molecule has 3 aromatic rings. The summed E-state index contributed by atoms with van der Waals surface area (Å²) >= 11 is 0.